The Hall–Kier alpha value is -3.75. The number of aryl methyl sites for hydroxylation is 1. The van der Waals surface area contributed by atoms with Crippen LogP contribution >= 0.6 is 0 Å². The molecule has 5 rings (SSSR count). The molecule has 0 bridgehead atoms. The highest BCUT2D eigenvalue weighted by atomic mass is 16.3. The standard InChI is InChI=1S/C25H27N5O4/c1-13-6-5-10-26-16(13)23(25-9-4-7-14(25)12-25)29-18-17(21(32)22(18)33)28-15-8-11-27-19(20(15)31)24(34)30(2)3/h5-6,8,10-11,14,23,29,31H,4,7,9,12H2,1-3H3,(H,27,28). The minimum Gasteiger partial charge on any atom is -0.504 e. The predicted molar refractivity (Wildman–Crippen MR) is 128 cm³/mol. The molecule has 1 aromatic carbocycles. The highest BCUT2D eigenvalue weighted by Crippen LogP contribution is 2.69. The average molecular weight is 462 g/mol. The van der Waals surface area contributed by atoms with E-state index in [4.69, 9.17) is 0 Å². The van der Waals surface area contributed by atoms with Crippen LogP contribution in [0.3, 0.4) is 0 Å². The summed E-state index contributed by atoms with van der Waals surface area (Å²) in [4.78, 5) is 47.3. The zero-order chi connectivity index (χ0) is 24.2. The number of hydrogen-bond acceptors (Lipinski definition) is 8. The van der Waals surface area contributed by atoms with Crippen LogP contribution in [0, 0.1) is 18.3 Å². The summed E-state index contributed by atoms with van der Waals surface area (Å²) in [6.45, 7) is 2.00. The van der Waals surface area contributed by atoms with Crippen molar-refractivity contribution >= 4 is 23.0 Å². The maximum Gasteiger partial charge on any atom is 0.275 e. The fourth-order valence-electron chi connectivity index (χ4n) is 5.41. The second kappa shape index (κ2) is 7.93. The molecule has 0 aliphatic heterocycles. The lowest BCUT2D eigenvalue weighted by Crippen LogP contribution is -2.39. The fraction of sp³-hybridized carbons (Fsp3) is 0.400. The molecule has 2 aliphatic carbocycles. The molecule has 0 radical (unpaired) electrons. The van der Waals surface area contributed by atoms with Crippen LogP contribution in [0.15, 0.2) is 40.2 Å². The van der Waals surface area contributed by atoms with Crippen molar-refractivity contribution in [1.29, 1.82) is 0 Å². The van der Waals surface area contributed by atoms with Crippen LogP contribution in [0.1, 0.15) is 53.5 Å². The molecule has 3 unspecified atom stereocenters. The first-order valence-electron chi connectivity index (χ1n) is 11.4. The topological polar surface area (TPSA) is 125 Å². The number of carbonyl (C=O) groups is 1. The van der Waals surface area contributed by atoms with Gasteiger partial charge < -0.3 is 20.6 Å². The lowest BCUT2D eigenvalue weighted by atomic mass is 9.88. The summed E-state index contributed by atoms with van der Waals surface area (Å²) in [5, 5.41) is 16.8. The third-order valence-electron chi connectivity index (χ3n) is 7.36. The third kappa shape index (κ3) is 3.34. The lowest BCUT2D eigenvalue weighted by molar-refractivity contribution is 0.0819. The van der Waals surface area contributed by atoms with Gasteiger partial charge in [-0.15, -0.1) is 0 Å². The van der Waals surface area contributed by atoms with Gasteiger partial charge in [-0.2, -0.15) is 0 Å². The number of aromatic nitrogens is 2. The van der Waals surface area contributed by atoms with Crippen molar-refractivity contribution in [3.63, 3.8) is 0 Å². The fourth-order valence-corrected chi connectivity index (χ4v) is 5.41. The number of pyridine rings is 2. The Kier molecular flexibility index (Phi) is 5.15. The predicted octanol–water partition coefficient (Wildman–Crippen LogP) is 2.88. The lowest BCUT2D eigenvalue weighted by Gasteiger charge is -2.30. The Bertz CT molecular complexity index is 1360. The van der Waals surface area contributed by atoms with Gasteiger partial charge in [-0.3, -0.25) is 19.4 Å². The molecule has 3 atom stereocenters. The van der Waals surface area contributed by atoms with Gasteiger partial charge in [-0.1, -0.05) is 12.5 Å². The van der Waals surface area contributed by atoms with E-state index in [9.17, 15) is 19.5 Å². The van der Waals surface area contributed by atoms with Crippen molar-refractivity contribution in [2.24, 2.45) is 11.3 Å². The van der Waals surface area contributed by atoms with Crippen molar-refractivity contribution in [3.05, 3.63) is 68.0 Å². The molecule has 0 saturated heterocycles. The molecule has 2 aliphatic rings. The Morgan fingerprint density at radius 1 is 1.18 bits per heavy atom. The molecule has 1 amide bonds. The number of hydrogen-bond donors (Lipinski definition) is 3. The van der Waals surface area contributed by atoms with Crippen LogP contribution in [0.2, 0.25) is 0 Å². The number of nitrogens with zero attached hydrogens (tertiary/aromatic N) is 3. The number of carbonyl (C=O) groups excluding carboxylic acids is 1. The highest BCUT2D eigenvalue weighted by Gasteiger charge is 2.62. The largest absolute Gasteiger partial charge is 0.504 e. The molecule has 2 heterocycles. The Balaban J connectivity index is 1.49. The van der Waals surface area contributed by atoms with E-state index in [2.05, 4.69) is 20.6 Å². The van der Waals surface area contributed by atoms with E-state index in [0.717, 1.165) is 36.9 Å². The zero-order valence-electron chi connectivity index (χ0n) is 19.4. The van der Waals surface area contributed by atoms with E-state index in [-0.39, 0.29) is 40.0 Å². The Morgan fingerprint density at radius 2 is 1.94 bits per heavy atom. The molecule has 9 heteroatoms. The minimum absolute atomic E-state index is 0.0280. The van der Waals surface area contributed by atoms with E-state index >= 15 is 0 Å². The number of amides is 1. The molecular formula is C25H27N5O4. The van der Waals surface area contributed by atoms with Gasteiger partial charge in [0.2, 0.25) is 0 Å². The second-order valence-electron chi connectivity index (χ2n) is 9.60. The second-order valence-corrected chi connectivity index (χ2v) is 9.60. The number of nitrogens with one attached hydrogen (secondary N) is 2. The maximum atomic E-state index is 12.6. The number of rotatable bonds is 7. The monoisotopic (exact) mass is 461 g/mol. The first-order valence-corrected chi connectivity index (χ1v) is 11.4. The van der Waals surface area contributed by atoms with Crippen molar-refractivity contribution in [1.82, 2.24) is 14.9 Å². The third-order valence-corrected chi connectivity index (χ3v) is 7.36. The van der Waals surface area contributed by atoms with Gasteiger partial charge in [0.05, 0.1) is 17.4 Å². The molecule has 2 fully saturated rings. The smallest absolute Gasteiger partial charge is 0.275 e. The molecule has 176 valence electrons. The zero-order valence-corrected chi connectivity index (χ0v) is 19.4. The van der Waals surface area contributed by atoms with Gasteiger partial charge in [0.25, 0.3) is 16.8 Å². The molecule has 2 saturated carbocycles. The molecule has 2 aromatic heterocycles. The van der Waals surface area contributed by atoms with Crippen LogP contribution in [0.5, 0.6) is 5.75 Å². The van der Waals surface area contributed by atoms with Gasteiger partial charge in [0.1, 0.15) is 11.4 Å². The average Bonchev–Trinajstić information content (AvgIpc) is 3.38. The first kappa shape index (κ1) is 22.1. The number of anilines is 3. The van der Waals surface area contributed by atoms with Crippen molar-refractivity contribution in [2.75, 3.05) is 24.7 Å². The van der Waals surface area contributed by atoms with Crippen LogP contribution in [0.4, 0.5) is 17.1 Å². The van der Waals surface area contributed by atoms with Gasteiger partial charge in [-0.25, -0.2) is 4.98 Å². The molecule has 3 N–H and O–H groups in total. The summed E-state index contributed by atoms with van der Waals surface area (Å²) in [7, 11) is 3.10. The van der Waals surface area contributed by atoms with E-state index in [1.807, 2.05) is 19.1 Å². The summed E-state index contributed by atoms with van der Waals surface area (Å²) in [5.41, 5.74) is 0.900. The summed E-state index contributed by atoms with van der Waals surface area (Å²) in [6.07, 6.45) is 7.53. The van der Waals surface area contributed by atoms with Crippen molar-refractivity contribution < 1.29 is 9.90 Å². The van der Waals surface area contributed by atoms with Gasteiger partial charge in [0.15, 0.2) is 11.4 Å². The first-order chi connectivity index (χ1) is 16.2. The van der Waals surface area contributed by atoms with Crippen molar-refractivity contribution in [2.45, 2.75) is 38.6 Å². The summed E-state index contributed by atoms with van der Waals surface area (Å²) in [5.74, 6) is -0.276. The number of fused-ring (bicyclic) bond motifs is 1. The van der Waals surface area contributed by atoms with Gasteiger partial charge >= 0.3 is 0 Å². The van der Waals surface area contributed by atoms with Gasteiger partial charge in [0, 0.05) is 26.5 Å². The van der Waals surface area contributed by atoms with Crippen LogP contribution < -0.4 is 21.5 Å². The minimum atomic E-state index is -0.674. The van der Waals surface area contributed by atoms with E-state index in [0.29, 0.717) is 5.92 Å². The van der Waals surface area contributed by atoms with Crippen LogP contribution in [-0.2, 0) is 0 Å². The quantitative estimate of drug-likeness (QED) is 0.459. The van der Waals surface area contributed by atoms with E-state index in [1.165, 1.54) is 17.2 Å². The summed E-state index contributed by atoms with van der Waals surface area (Å²) < 4.78 is 0. The number of aromatic hydroxyl groups is 1. The van der Waals surface area contributed by atoms with Crippen LogP contribution in [0.25, 0.3) is 0 Å². The van der Waals surface area contributed by atoms with Crippen LogP contribution in [-0.4, -0.2) is 40.0 Å². The van der Waals surface area contributed by atoms with E-state index < -0.39 is 16.8 Å². The maximum absolute atomic E-state index is 12.6. The Labute approximate surface area is 196 Å². The van der Waals surface area contributed by atoms with Crippen molar-refractivity contribution in [3.8, 4) is 5.75 Å². The molecule has 34 heavy (non-hydrogen) atoms. The summed E-state index contributed by atoms with van der Waals surface area (Å²) >= 11 is 0. The molecule has 3 aromatic rings. The summed E-state index contributed by atoms with van der Waals surface area (Å²) in [6, 6.07) is 5.15. The normalized spacial score (nSPS) is 21.7. The van der Waals surface area contributed by atoms with E-state index in [1.54, 1.807) is 20.3 Å². The van der Waals surface area contributed by atoms with Gasteiger partial charge in [-0.05, 0) is 55.2 Å². The Morgan fingerprint density at radius 3 is 2.59 bits per heavy atom. The SMILES string of the molecule is Cc1cccnc1C(Nc1c(Nc2ccnc(C(=O)N(C)C)c2O)c(=O)c1=O)C12CCCC1C2. The molecule has 9 nitrogen and oxygen atoms in total. The molecular weight excluding hydrogens is 434 g/mol. The highest BCUT2D eigenvalue weighted by molar-refractivity contribution is 5.97. The molecule has 0 spiro atoms.